The van der Waals surface area contributed by atoms with Gasteiger partial charge in [0.1, 0.15) is 5.75 Å². The van der Waals surface area contributed by atoms with Crippen molar-refractivity contribution in [3.8, 4) is 5.75 Å². The molecule has 0 heterocycles. The molecule has 0 unspecified atom stereocenters. The van der Waals surface area contributed by atoms with Gasteiger partial charge in [0.05, 0.1) is 5.69 Å². The number of ether oxygens (including phenoxy) is 1. The van der Waals surface area contributed by atoms with Gasteiger partial charge in [-0.3, -0.25) is 9.59 Å². The third kappa shape index (κ3) is 6.40. The molecule has 27 heavy (non-hydrogen) atoms. The van der Waals surface area contributed by atoms with Crippen LogP contribution in [0.4, 0.5) is 10.2 Å². The molecular formula is C22H20FNO3. The maximum atomic E-state index is 13.7. The maximum absolute atomic E-state index is 13.7. The first kappa shape index (κ1) is 19.8. The number of amides is 1. The number of para-hydroxylation sites is 2. The molecular weight excluding hydrogens is 345 g/mol. The molecule has 0 spiro atoms. The van der Waals surface area contributed by atoms with Gasteiger partial charge in [-0.25, -0.2) is 0 Å². The van der Waals surface area contributed by atoms with Crippen LogP contribution in [-0.2, 0) is 4.79 Å². The van der Waals surface area contributed by atoms with Crippen molar-refractivity contribution >= 4 is 17.6 Å². The molecule has 5 heteroatoms. The van der Waals surface area contributed by atoms with Crippen LogP contribution < -0.4 is 9.86 Å². The van der Waals surface area contributed by atoms with Crippen molar-refractivity contribution in [2.45, 2.75) is 13.3 Å². The van der Waals surface area contributed by atoms with Crippen LogP contribution in [0, 0.1) is 0 Å². The lowest BCUT2D eigenvalue weighted by Crippen LogP contribution is -2.21. The molecule has 0 aliphatic rings. The average Bonchev–Trinajstić information content (AvgIpc) is 2.75. The van der Waals surface area contributed by atoms with Gasteiger partial charge in [0.15, 0.2) is 0 Å². The Balaban J connectivity index is 0.000000208. The second-order valence-electron chi connectivity index (χ2n) is 5.43. The van der Waals surface area contributed by atoms with E-state index in [9.17, 15) is 14.1 Å². The highest BCUT2D eigenvalue weighted by Gasteiger charge is 2.16. The molecule has 0 fully saturated rings. The fourth-order valence-electron chi connectivity index (χ4n) is 2.06. The van der Waals surface area contributed by atoms with Crippen molar-refractivity contribution < 1.29 is 18.8 Å². The van der Waals surface area contributed by atoms with Crippen LogP contribution in [0.15, 0.2) is 91.0 Å². The number of hydrogen-bond donors (Lipinski definition) is 0. The summed E-state index contributed by atoms with van der Waals surface area (Å²) in [6.45, 7) is 1.77. The Morgan fingerprint density at radius 2 is 1.30 bits per heavy atom. The van der Waals surface area contributed by atoms with Gasteiger partial charge < -0.3 is 4.74 Å². The lowest BCUT2D eigenvalue weighted by molar-refractivity contribution is -0.134. The average molecular weight is 365 g/mol. The van der Waals surface area contributed by atoms with Gasteiger partial charge in [0.2, 0.25) is 0 Å². The Morgan fingerprint density at radius 3 is 1.81 bits per heavy atom. The summed E-state index contributed by atoms with van der Waals surface area (Å²) in [6.07, 6.45) is 0.412. The molecule has 0 atom stereocenters. The number of esters is 1. The molecule has 0 saturated carbocycles. The van der Waals surface area contributed by atoms with Crippen LogP contribution >= 0.6 is 0 Å². The Hall–Kier alpha value is -3.47. The summed E-state index contributed by atoms with van der Waals surface area (Å²) in [5.41, 5.74) is 0.560. The fourth-order valence-corrected chi connectivity index (χ4v) is 2.06. The summed E-state index contributed by atoms with van der Waals surface area (Å²) >= 11 is 0. The third-order valence-corrected chi connectivity index (χ3v) is 3.45. The van der Waals surface area contributed by atoms with Crippen molar-refractivity contribution in [3.05, 3.63) is 96.6 Å². The summed E-state index contributed by atoms with van der Waals surface area (Å²) in [5.74, 6) is -0.248. The van der Waals surface area contributed by atoms with Crippen LogP contribution in [0.5, 0.6) is 5.75 Å². The Morgan fingerprint density at radius 1 is 0.815 bits per heavy atom. The largest absolute Gasteiger partial charge is 0.427 e. The number of halogens is 1. The summed E-state index contributed by atoms with van der Waals surface area (Å²) in [4.78, 5) is 22.5. The van der Waals surface area contributed by atoms with Crippen LogP contribution in [-0.4, -0.2) is 11.9 Å². The maximum Gasteiger partial charge on any atom is 0.310 e. The highest BCUT2D eigenvalue weighted by atomic mass is 19.2. The Labute approximate surface area is 157 Å². The molecule has 138 valence electrons. The van der Waals surface area contributed by atoms with Crippen molar-refractivity contribution in [1.29, 1.82) is 0 Å². The summed E-state index contributed by atoms with van der Waals surface area (Å²) < 4.78 is 18.6. The molecule has 0 aliphatic carbocycles. The monoisotopic (exact) mass is 365 g/mol. The molecule has 4 nitrogen and oxygen atoms in total. The van der Waals surface area contributed by atoms with Crippen molar-refractivity contribution in [2.24, 2.45) is 0 Å². The van der Waals surface area contributed by atoms with E-state index in [1.807, 2.05) is 18.2 Å². The first-order chi connectivity index (χ1) is 13.1. The van der Waals surface area contributed by atoms with Crippen LogP contribution in [0.2, 0.25) is 0 Å². The first-order valence-electron chi connectivity index (χ1n) is 8.48. The second-order valence-corrected chi connectivity index (χ2v) is 5.43. The molecule has 0 aromatic heterocycles. The number of nitrogens with zero attached hydrogens (tertiary/aromatic N) is 1. The highest BCUT2D eigenvalue weighted by Crippen LogP contribution is 2.16. The number of benzene rings is 3. The smallest absolute Gasteiger partial charge is 0.310 e. The van der Waals surface area contributed by atoms with Crippen LogP contribution in [0.1, 0.15) is 23.7 Å². The van der Waals surface area contributed by atoms with Crippen molar-refractivity contribution in [2.75, 3.05) is 5.12 Å². The molecule has 0 N–H and O–H groups in total. The second kappa shape index (κ2) is 10.5. The zero-order chi connectivity index (χ0) is 19.5. The highest BCUT2D eigenvalue weighted by molar-refractivity contribution is 6.04. The van der Waals surface area contributed by atoms with E-state index in [0.29, 0.717) is 17.7 Å². The summed E-state index contributed by atoms with van der Waals surface area (Å²) in [6, 6.07) is 25.6. The molecule has 3 aromatic rings. The number of carbonyl (C=O) groups is 2. The normalized spacial score (nSPS) is 9.56. The lowest BCUT2D eigenvalue weighted by Gasteiger charge is -2.11. The molecule has 1 amide bonds. The van der Waals surface area contributed by atoms with E-state index in [-0.39, 0.29) is 16.8 Å². The molecule has 3 rings (SSSR count). The molecule has 3 aromatic carbocycles. The zero-order valence-corrected chi connectivity index (χ0v) is 14.9. The van der Waals surface area contributed by atoms with Gasteiger partial charge in [0, 0.05) is 12.0 Å². The predicted octanol–water partition coefficient (Wildman–Crippen LogP) is 5.22. The van der Waals surface area contributed by atoms with Gasteiger partial charge in [-0.2, -0.15) is 0 Å². The van der Waals surface area contributed by atoms with Crippen LogP contribution in [0.3, 0.4) is 0 Å². The van der Waals surface area contributed by atoms with Gasteiger partial charge in [-0.1, -0.05) is 66.0 Å². The van der Waals surface area contributed by atoms with Gasteiger partial charge in [-0.15, -0.1) is 5.12 Å². The van der Waals surface area contributed by atoms with Gasteiger partial charge in [0.25, 0.3) is 5.91 Å². The van der Waals surface area contributed by atoms with E-state index in [2.05, 4.69) is 0 Å². The minimum absolute atomic E-state index is 0.148. The zero-order valence-electron chi connectivity index (χ0n) is 14.9. The molecule has 0 bridgehead atoms. The van der Waals surface area contributed by atoms with E-state index >= 15 is 0 Å². The topological polar surface area (TPSA) is 46.6 Å². The molecule has 0 aliphatic heterocycles. The minimum Gasteiger partial charge on any atom is -0.427 e. The van der Waals surface area contributed by atoms with Crippen LogP contribution in [0.25, 0.3) is 0 Å². The lowest BCUT2D eigenvalue weighted by atomic mass is 10.2. The van der Waals surface area contributed by atoms with Crippen molar-refractivity contribution in [1.82, 2.24) is 0 Å². The van der Waals surface area contributed by atoms with E-state index in [0.717, 1.165) is 0 Å². The number of carbonyl (C=O) groups excluding carboxylic acids is 2. The summed E-state index contributed by atoms with van der Waals surface area (Å²) in [7, 11) is 0. The minimum atomic E-state index is -0.660. The number of rotatable bonds is 4. The molecule has 0 saturated heterocycles. The van der Waals surface area contributed by atoms with E-state index < -0.39 is 5.91 Å². The standard InChI is InChI=1S/C13H10FNO.C9H10O2/c14-15(12-9-5-2-6-10-12)13(16)11-7-3-1-4-8-11;1-2-9(10)11-8-6-4-3-5-7-8/h1-10H;3-7H,2H2,1H3. The SMILES string of the molecule is CCC(=O)Oc1ccccc1.O=C(c1ccccc1)N(F)c1ccccc1. The van der Waals surface area contributed by atoms with Crippen molar-refractivity contribution in [3.63, 3.8) is 0 Å². The predicted molar refractivity (Wildman–Crippen MR) is 103 cm³/mol. The number of hydrogen-bond acceptors (Lipinski definition) is 3. The van der Waals surface area contributed by atoms with Gasteiger partial charge in [-0.05, 0) is 36.4 Å². The fraction of sp³-hybridized carbons (Fsp3) is 0.0909. The van der Waals surface area contributed by atoms with E-state index in [4.69, 9.17) is 4.74 Å². The molecule has 0 radical (unpaired) electrons. The van der Waals surface area contributed by atoms with E-state index in [1.54, 1.807) is 79.7 Å². The Bertz CT molecular complexity index is 839. The Kier molecular flexibility index (Phi) is 7.72. The third-order valence-electron chi connectivity index (χ3n) is 3.45. The van der Waals surface area contributed by atoms with E-state index in [1.165, 1.54) is 0 Å². The quantitative estimate of drug-likeness (QED) is 0.362. The van der Waals surface area contributed by atoms with Gasteiger partial charge >= 0.3 is 5.97 Å². The summed E-state index contributed by atoms with van der Waals surface area (Å²) in [5, 5.41) is 0.148. The first-order valence-corrected chi connectivity index (χ1v) is 8.48. The number of anilines is 1.